The molecule has 0 aliphatic carbocycles. The highest BCUT2D eigenvalue weighted by Crippen LogP contribution is 2.43. The molecule has 1 aromatic carbocycles. The van der Waals surface area contributed by atoms with Crippen molar-refractivity contribution in [2.24, 2.45) is 0 Å². The maximum Gasteiger partial charge on any atom is 0.221 e. The molecule has 2 atom stereocenters. The van der Waals surface area contributed by atoms with Gasteiger partial charge in [-0.2, -0.15) is 0 Å². The summed E-state index contributed by atoms with van der Waals surface area (Å²) in [6, 6.07) is 19.9. The quantitative estimate of drug-likeness (QED) is 0.363. The molecule has 0 unspecified atom stereocenters. The first-order valence-electron chi connectivity index (χ1n) is 11.9. The number of anilines is 2. The Kier molecular flexibility index (Phi) is 6.52. The second-order valence-corrected chi connectivity index (χ2v) is 9.38. The lowest BCUT2D eigenvalue weighted by molar-refractivity contribution is -0.114. The molecular formula is C28H28N6OS. The molecule has 4 aromatic rings. The summed E-state index contributed by atoms with van der Waals surface area (Å²) >= 11 is 5.87. The molecule has 0 saturated carbocycles. The van der Waals surface area contributed by atoms with Gasteiger partial charge >= 0.3 is 0 Å². The zero-order valence-electron chi connectivity index (χ0n) is 20.5. The lowest BCUT2D eigenvalue weighted by Gasteiger charge is -2.28. The van der Waals surface area contributed by atoms with Crippen LogP contribution in [-0.2, 0) is 11.3 Å². The predicted molar refractivity (Wildman–Crippen MR) is 146 cm³/mol. The average Bonchev–Trinajstić information content (AvgIpc) is 3.36. The molecule has 1 saturated heterocycles. The number of nitrogens with zero attached hydrogens (tertiary/aromatic N) is 4. The highest BCUT2D eigenvalue weighted by molar-refractivity contribution is 7.80. The molecule has 0 spiro atoms. The summed E-state index contributed by atoms with van der Waals surface area (Å²) in [6.45, 7) is 6.58. The lowest BCUT2D eigenvalue weighted by Crippen LogP contribution is -2.29. The van der Waals surface area contributed by atoms with Gasteiger partial charge in [0.1, 0.15) is 0 Å². The van der Waals surface area contributed by atoms with Gasteiger partial charge in [0.25, 0.3) is 0 Å². The molecule has 0 radical (unpaired) electrons. The summed E-state index contributed by atoms with van der Waals surface area (Å²) in [6.07, 6.45) is 5.47. The van der Waals surface area contributed by atoms with Crippen LogP contribution in [0.25, 0.3) is 0 Å². The minimum atomic E-state index is -0.122. The third-order valence-electron chi connectivity index (χ3n) is 6.59. The van der Waals surface area contributed by atoms with Crippen LogP contribution in [0.5, 0.6) is 0 Å². The first kappa shape index (κ1) is 23.7. The summed E-state index contributed by atoms with van der Waals surface area (Å²) in [5, 5.41) is 7.00. The van der Waals surface area contributed by atoms with Gasteiger partial charge in [-0.25, -0.2) is 0 Å². The number of aromatic nitrogens is 3. The van der Waals surface area contributed by atoms with Crippen molar-refractivity contribution in [2.75, 3.05) is 10.2 Å². The van der Waals surface area contributed by atoms with Crippen LogP contribution in [0.1, 0.15) is 47.2 Å². The van der Waals surface area contributed by atoms with Crippen LogP contribution in [0, 0.1) is 13.8 Å². The van der Waals surface area contributed by atoms with Crippen LogP contribution in [0.4, 0.5) is 11.4 Å². The second-order valence-electron chi connectivity index (χ2n) is 8.99. The van der Waals surface area contributed by atoms with E-state index in [1.165, 1.54) is 29.4 Å². The summed E-state index contributed by atoms with van der Waals surface area (Å²) < 4.78 is 2.33. The van der Waals surface area contributed by atoms with E-state index in [2.05, 4.69) is 50.0 Å². The number of aryl methyl sites for hydroxylation is 1. The molecule has 1 amide bonds. The molecule has 4 heterocycles. The van der Waals surface area contributed by atoms with Gasteiger partial charge in [-0.15, -0.1) is 0 Å². The Morgan fingerprint density at radius 2 is 1.81 bits per heavy atom. The fraction of sp³-hybridized carbons (Fsp3) is 0.214. The Morgan fingerprint density at radius 3 is 2.47 bits per heavy atom. The van der Waals surface area contributed by atoms with Crippen LogP contribution in [0.15, 0.2) is 79.3 Å². The number of rotatable bonds is 6. The molecule has 182 valence electrons. The van der Waals surface area contributed by atoms with Crippen LogP contribution >= 0.6 is 12.2 Å². The molecule has 2 N–H and O–H groups in total. The molecule has 3 aromatic heterocycles. The van der Waals surface area contributed by atoms with E-state index in [-0.39, 0.29) is 18.0 Å². The van der Waals surface area contributed by atoms with Gasteiger partial charge < -0.3 is 20.1 Å². The largest absolute Gasteiger partial charge is 0.351 e. The van der Waals surface area contributed by atoms with Gasteiger partial charge in [-0.05, 0) is 91.8 Å². The van der Waals surface area contributed by atoms with E-state index < -0.39 is 0 Å². The smallest absolute Gasteiger partial charge is 0.221 e. The maximum absolute atomic E-state index is 11.5. The average molecular weight is 497 g/mol. The minimum Gasteiger partial charge on any atom is -0.351 e. The first-order valence-corrected chi connectivity index (χ1v) is 12.3. The monoisotopic (exact) mass is 496 g/mol. The number of hydrogen-bond donors (Lipinski definition) is 2. The Bertz CT molecular complexity index is 1390. The fourth-order valence-corrected chi connectivity index (χ4v) is 5.24. The number of amides is 1. The van der Waals surface area contributed by atoms with Crippen molar-refractivity contribution in [1.29, 1.82) is 0 Å². The second kappa shape index (κ2) is 9.91. The van der Waals surface area contributed by atoms with Crippen molar-refractivity contribution in [3.63, 3.8) is 0 Å². The van der Waals surface area contributed by atoms with E-state index in [1.807, 2.05) is 73.2 Å². The first-order chi connectivity index (χ1) is 17.4. The van der Waals surface area contributed by atoms with Crippen molar-refractivity contribution in [2.45, 2.75) is 39.4 Å². The van der Waals surface area contributed by atoms with Crippen molar-refractivity contribution in [3.05, 3.63) is 107 Å². The minimum absolute atomic E-state index is 0.101. The number of nitrogens with one attached hydrogen (secondary N) is 2. The summed E-state index contributed by atoms with van der Waals surface area (Å²) in [4.78, 5) is 22.4. The van der Waals surface area contributed by atoms with Crippen molar-refractivity contribution in [1.82, 2.24) is 19.9 Å². The van der Waals surface area contributed by atoms with Crippen molar-refractivity contribution >= 4 is 34.6 Å². The van der Waals surface area contributed by atoms with Crippen LogP contribution in [0.2, 0.25) is 0 Å². The SMILES string of the molecule is CC(=O)Nc1ccc(N2C(=S)N[C@H](c3ccccn3)[C@H]2c2cc(C)n(Cc3ccncc3)c2C)cc1. The summed E-state index contributed by atoms with van der Waals surface area (Å²) in [5.41, 5.74) is 7.38. The number of hydrogen-bond acceptors (Lipinski definition) is 4. The van der Waals surface area contributed by atoms with E-state index in [9.17, 15) is 4.79 Å². The topological polar surface area (TPSA) is 75.1 Å². The molecule has 7 nitrogen and oxygen atoms in total. The zero-order chi connectivity index (χ0) is 25.2. The molecule has 8 heteroatoms. The van der Waals surface area contributed by atoms with E-state index >= 15 is 0 Å². The summed E-state index contributed by atoms with van der Waals surface area (Å²) in [7, 11) is 0. The Morgan fingerprint density at radius 1 is 1.06 bits per heavy atom. The Hall–Kier alpha value is -4.04. The number of carbonyl (C=O) groups excluding carboxylic acids is 1. The van der Waals surface area contributed by atoms with Gasteiger partial charge in [-0.1, -0.05) is 6.07 Å². The fourth-order valence-electron chi connectivity index (χ4n) is 4.90. The van der Waals surface area contributed by atoms with Crippen molar-refractivity contribution < 1.29 is 4.79 Å². The molecule has 1 aliphatic rings. The van der Waals surface area contributed by atoms with E-state index in [0.717, 1.165) is 23.6 Å². The molecule has 0 bridgehead atoms. The molecule has 36 heavy (non-hydrogen) atoms. The van der Waals surface area contributed by atoms with E-state index in [0.29, 0.717) is 5.11 Å². The highest BCUT2D eigenvalue weighted by atomic mass is 32.1. The number of benzene rings is 1. The third kappa shape index (κ3) is 4.59. The third-order valence-corrected chi connectivity index (χ3v) is 6.90. The van der Waals surface area contributed by atoms with Gasteiger partial charge in [0.2, 0.25) is 5.91 Å². The van der Waals surface area contributed by atoms with Gasteiger partial charge in [0, 0.05) is 54.8 Å². The van der Waals surface area contributed by atoms with E-state index in [1.54, 1.807) is 0 Å². The molecule has 1 aliphatic heterocycles. The van der Waals surface area contributed by atoms with Gasteiger partial charge in [0.05, 0.1) is 17.8 Å². The van der Waals surface area contributed by atoms with Gasteiger partial charge in [0.15, 0.2) is 5.11 Å². The number of carbonyl (C=O) groups is 1. The zero-order valence-corrected chi connectivity index (χ0v) is 21.3. The van der Waals surface area contributed by atoms with Gasteiger partial charge in [-0.3, -0.25) is 14.8 Å². The van der Waals surface area contributed by atoms with Crippen LogP contribution in [-0.4, -0.2) is 25.6 Å². The molecular weight excluding hydrogens is 468 g/mol. The lowest BCUT2D eigenvalue weighted by atomic mass is 9.96. The maximum atomic E-state index is 11.5. The highest BCUT2D eigenvalue weighted by Gasteiger charge is 2.42. The molecule has 5 rings (SSSR count). The number of pyridine rings is 2. The van der Waals surface area contributed by atoms with Crippen LogP contribution in [0.3, 0.4) is 0 Å². The van der Waals surface area contributed by atoms with E-state index in [4.69, 9.17) is 12.2 Å². The number of thiocarbonyl (C=S) groups is 1. The molecule has 1 fully saturated rings. The summed E-state index contributed by atoms with van der Waals surface area (Å²) in [5.74, 6) is -0.101. The van der Waals surface area contributed by atoms with Crippen LogP contribution < -0.4 is 15.5 Å². The Balaban J connectivity index is 1.58. The normalized spacial score (nSPS) is 17.2. The Labute approximate surface area is 216 Å². The predicted octanol–water partition coefficient (Wildman–Crippen LogP) is 5.08. The van der Waals surface area contributed by atoms with Crippen molar-refractivity contribution in [3.8, 4) is 0 Å². The standard InChI is InChI=1S/C28H28N6OS/c1-18-16-24(19(2)33(18)17-21-11-14-29-15-12-21)27-26(25-6-4-5-13-30-25)32-28(36)34(27)23-9-7-22(8-10-23)31-20(3)35/h4-16,26-27H,17H2,1-3H3,(H,31,35)(H,32,36)/t26-,27-/m1/s1.